The predicted octanol–water partition coefficient (Wildman–Crippen LogP) is 1.10. The van der Waals surface area contributed by atoms with Crippen molar-refractivity contribution >= 4 is 5.97 Å². The van der Waals surface area contributed by atoms with Gasteiger partial charge < -0.3 is 9.47 Å². The molecular formula is C11H21NO3. The second-order valence-electron chi connectivity index (χ2n) is 4.98. The molecule has 0 bridgehead atoms. The normalized spacial score (nSPS) is 26.7. The molecule has 0 radical (unpaired) electrons. The fraction of sp³-hybridized carbons (Fsp3) is 0.909. The standard InChI is InChI=1S/C11H21NO3/c1-11(2,3)15-10(13)9-6-5-8(12-9)7-14-4/h8-9,12H,5-7H2,1-4H3/t8-,9-/m0/s1. The fourth-order valence-electron chi connectivity index (χ4n) is 1.71. The summed E-state index contributed by atoms with van der Waals surface area (Å²) in [5.74, 6) is -0.152. The highest BCUT2D eigenvalue weighted by Gasteiger charge is 2.32. The second kappa shape index (κ2) is 4.94. The van der Waals surface area contributed by atoms with Crippen molar-refractivity contribution in [1.29, 1.82) is 0 Å². The van der Waals surface area contributed by atoms with Crippen LogP contribution in [0.3, 0.4) is 0 Å². The molecule has 0 aromatic heterocycles. The van der Waals surface area contributed by atoms with Gasteiger partial charge in [-0.1, -0.05) is 0 Å². The van der Waals surface area contributed by atoms with Crippen molar-refractivity contribution in [3.05, 3.63) is 0 Å². The van der Waals surface area contributed by atoms with Gasteiger partial charge in [-0.15, -0.1) is 0 Å². The molecule has 1 aliphatic rings. The zero-order chi connectivity index (χ0) is 11.5. The van der Waals surface area contributed by atoms with Crippen LogP contribution in [0.1, 0.15) is 33.6 Å². The minimum Gasteiger partial charge on any atom is -0.459 e. The molecule has 0 amide bonds. The van der Waals surface area contributed by atoms with Crippen molar-refractivity contribution in [2.45, 2.75) is 51.3 Å². The third-order valence-electron chi connectivity index (χ3n) is 2.30. The van der Waals surface area contributed by atoms with Gasteiger partial charge in [-0.25, -0.2) is 0 Å². The number of ether oxygens (including phenoxy) is 2. The Kier molecular flexibility index (Phi) is 4.11. The lowest BCUT2D eigenvalue weighted by Gasteiger charge is -2.22. The highest BCUT2D eigenvalue weighted by molar-refractivity contribution is 5.76. The van der Waals surface area contributed by atoms with E-state index in [0.29, 0.717) is 6.61 Å². The molecule has 1 N–H and O–H groups in total. The average Bonchev–Trinajstić information content (AvgIpc) is 2.50. The maximum absolute atomic E-state index is 11.7. The number of carbonyl (C=O) groups is 1. The molecule has 1 fully saturated rings. The average molecular weight is 215 g/mol. The van der Waals surface area contributed by atoms with Crippen LogP contribution in [0.4, 0.5) is 0 Å². The number of methoxy groups -OCH3 is 1. The summed E-state index contributed by atoms with van der Waals surface area (Å²) in [6.45, 7) is 6.30. The molecule has 1 saturated heterocycles. The summed E-state index contributed by atoms with van der Waals surface area (Å²) in [7, 11) is 1.67. The van der Waals surface area contributed by atoms with Gasteiger partial charge in [-0.2, -0.15) is 0 Å². The van der Waals surface area contributed by atoms with E-state index in [4.69, 9.17) is 9.47 Å². The van der Waals surface area contributed by atoms with E-state index in [9.17, 15) is 4.79 Å². The zero-order valence-electron chi connectivity index (χ0n) is 10.0. The molecule has 1 rings (SSSR count). The van der Waals surface area contributed by atoms with Gasteiger partial charge in [0.2, 0.25) is 0 Å². The molecule has 0 aromatic carbocycles. The Morgan fingerprint density at radius 3 is 2.60 bits per heavy atom. The number of esters is 1. The van der Waals surface area contributed by atoms with E-state index in [1.54, 1.807) is 7.11 Å². The molecule has 0 unspecified atom stereocenters. The summed E-state index contributed by atoms with van der Waals surface area (Å²) in [6, 6.07) is 0.122. The zero-order valence-corrected chi connectivity index (χ0v) is 10.0. The molecule has 0 saturated carbocycles. The van der Waals surface area contributed by atoms with E-state index in [1.807, 2.05) is 20.8 Å². The van der Waals surface area contributed by atoms with Crippen LogP contribution < -0.4 is 5.32 Å². The van der Waals surface area contributed by atoms with Crippen molar-refractivity contribution < 1.29 is 14.3 Å². The van der Waals surface area contributed by atoms with Crippen molar-refractivity contribution in [2.24, 2.45) is 0 Å². The quantitative estimate of drug-likeness (QED) is 0.716. The lowest BCUT2D eigenvalue weighted by atomic mass is 10.1. The van der Waals surface area contributed by atoms with E-state index in [2.05, 4.69) is 5.32 Å². The molecule has 2 atom stereocenters. The third kappa shape index (κ3) is 4.18. The van der Waals surface area contributed by atoms with E-state index in [0.717, 1.165) is 12.8 Å². The first-order valence-corrected chi connectivity index (χ1v) is 5.40. The lowest BCUT2D eigenvalue weighted by molar-refractivity contribution is -0.157. The number of carbonyl (C=O) groups excluding carboxylic acids is 1. The molecule has 4 nitrogen and oxygen atoms in total. The highest BCUT2D eigenvalue weighted by Crippen LogP contribution is 2.17. The smallest absolute Gasteiger partial charge is 0.323 e. The Morgan fingerprint density at radius 1 is 1.40 bits per heavy atom. The van der Waals surface area contributed by atoms with Crippen molar-refractivity contribution in [1.82, 2.24) is 5.32 Å². The minimum absolute atomic E-state index is 0.152. The topological polar surface area (TPSA) is 47.6 Å². The molecule has 1 aliphatic heterocycles. The molecule has 0 aliphatic carbocycles. The summed E-state index contributed by atoms with van der Waals surface area (Å²) in [5, 5.41) is 3.21. The van der Waals surface area contributed by atoms with Crippen LogP contribution in [0.15, 0.2) is 0 Å². The Labute approximate surface area is 91.3 Å². The molecule has 4 heteroatoms. The van der Waals surface area contributed by atoms with E-state index in [-0.39, 0.29) is 18.1 Å². The van der Waals surface area contributed by atoms with Gasteiger partial charge in [0.15, 0.2) is 0 Å². The lowest BCUT2D eigenvalue weighted by Crippen LogP contribution is -2.41. The Bertz CT molecular complexity index is 222. The Balaban J connectivity index is 2.37. The van der Waals surface area contributed by atoms with Crippen LogP contribution >= 0.6 is 0 Å². The summed E-state index contributed by atoms with van der Waals surface area (Å²) >= 11 is 0. The van der Waals surface area contributed by atoms with E-state index in [1.165, 1.54) is 0 Å². The largest absolute Gasteiger partial charge is 0.459 e. The van der Waals surface area contributed by atoms with E-state index < -0.39 is 5.60 Å². The van der Waals surface area contributed by atoms with Crippen LogP contribution in [-0.4, -0.2) is 37.4 Å². The van der Waals surface area contributed by atoms with Gasteiger partial charge in [0.1, 0.15) is 11.6 Å². The molecule has 0 spiro atoms. The molecule has 0 aromatic rings. The Hall–Kier alpha value is -0.610. The van der Waals surface area contributed by atoms with Gasteiger partial charge in [0.25, 0.3) is 0 Å². The number of rotatable bonds is 3. The summed E-state index contributed by atoms with van der Waals surface area (Å²) in [4.78, 5) is 11.7. The molecule has 1 heterocycles. The van der Waals surface area contributed by atoms with E-state index >= 15 is 0 Å². The third-order valence-corrected chi connectivity index (χ3v) is 2.30. The number of hydrogen-bond donors (Lipinski definition) is 1. The van der Waals surface area contributed by atoms with Gasteiger partial charge in [0.05, 0.1) is 6.61 Å². The number of nitrogens with one attached hydrogen (secondary N) is 1. The number of hydrogen-bond acceptors (Lipinski definition) is 4. The minimum atomic E-state index is -0.405. The first kappa shape index (κ1) is 12.5. The maximum Gasteiger partial charge on any atom is 0.323 e. The SMILES string of the molecule is COC[C@@H]1CC[C@@H](C(=O)OC(C)(C)C)N1. The van der Waals surface area contributed by atoms with Gasteiger partial charge in [0, 0.05) is 13.2 Å². The van der Waals surface area contributed by atoms with Gasteiger partial charge >= 0.3 is 5.97 Å². The monoisotopic (exact) mass is 215 g/mol. The predicted molar refractivity (Wildman–Crippen MR) is 57.7 cm³/mol. The fourth-order valence-corrected chi connectivity index (χ4v) is 1.71. The van der Waals surface area contributed by atoms with Crippen molar-refractivity contribution in [3.8, 4) is 0 Å². The molecular weight excluding hydrogens is 194 g/mol. The van der Waals surface area contributed by atoms with Gasteiger partial charge in [-0.05, 0) is 33.6 Å². The van der Waals surface area contributed by atoms with Crippen LogP contribution in [0.2, 0.25) is 0 Å². The second-order valence-corrected chi connectivity index (χ2v) is 4.98. The summed E-state index contributed by atoms with van der Waals surface area (Å²) in [6.07, 6.45) is 1.81. The van der Waals surface area contributed by atoms with Crippen molar-refractivity contribution in [2.75, 3.05) is 13.7 Å². The maximum atomic E-state index is 11.7. The van der Waals surface area contributed by atoms with Crippen LogP contribution in [0.25, 0.3) is 0 Å². The van der Waals surface area contributed by atoms with Crippen LogP contribution in [0, 0.1) is 0 Å². The van der Waals surface area contributed by atoms with Crippen LogP contribution in [0.5, 0.6) is 0 Å². The highest BCUT2D eigenvalue weighted by atomic mass is 16.6. The Morgan fingerprint density at radius 2 is 2.07 bits per heavy atom. The molecule has 88 valence electrons. The van der Waals surface area contributed by atoms with Crippen LogP contribution in [-0.2, 0) is 14.3 Å². The molecule has 15 heavy (non-hydrogen) atoms. The van der Waals surface area contributed by atoms with Gasteiger partial charge in [-0.3, -0.25) is 10.1 Å². The summed E-state index contributed by atoms with van der Waals surface area (Å²) < 4.78 is 10.3. The van der Waals surface area contributed by atoms with Crippen molar-refractivity contribution in [3.63, 3.8) is 0 Å². The summed E-state index contributed by atoms with van der Waals surface area (Å²) in [5.41, 5.74) is -0.405. The first-order valence-electron chi connectivity index (χ1n) is 5.40. The first-order chi connectivity index (χ1) is 6.92.